The summed E-state index contributed by atoms with van der Waals surface area (Å²) in [7, 11) is 1.63. The third-order valence-electron chi connectivity index (χ3n) is 3.73. The number of carboxylic acids is 1. The van der Waals surface area contributed by atoms with Gasteiger partial charge < -0.3 is 9.84 Å². The minimum Gasteiger partial charge on any atom is -0.494 e. The molecule has 110 valence electrons. The topological polar surface area (TPSA) is 62.7 Å². The van der Waals surface area contributed by atoms with Crippen LogP contribution in [-0.2, 0) is 11.3 Å². The highest BCUT2D eigenvalue weighted by Gasteiger charge is 2.30. The molecule has 0 spiro atoms. The molecule has 0 bridgehead atoms. The SMILES string of the molecule is COc1cccc2ccc(CN(CC(=O)O)C3CC3)nc12. The lowest BCUT2D eigenvalue weighted by Crippen LogP contribution is -2.31. The molecule has 21 heavy (non-hydrogen) atoms. The number of ether oxygens (including phenoxy) is 1. The molecule has 1 aromatic carbocycles. The molecule has 1 N–H and O–H groups in total. The van der Waals surface area contributed by atoms with Crippen molar-refractivity contribution in [3.63, 3.8) is 0 Å². The maximum absolute atomic E-state index is 11.0. The van der Waals surface area contributed by atoms with Crippen molar-refractivity contribution in [3.05, 3.63) is 36.0 Å². The van der Waals surface area contributed by atoms with Gasteiger partial charge in [0, 0.05) is 18.0 Å². The lowest BCUT2D eigenvalue weighted by molar-refractivity contribution is -0.138. The molecule has 0 radical (unpaired) electrons. The number of aromatic nitrogens is 1. The normalized spacial score (nSPS) is 14.6. The molecule has 0 saturated heterocycles. The Morgan fingerprint density at radius 3 is 2.86 bits per heavy atom. The van der Waals surface area contributed by atoms with E-state index in [1.165, 1.54) is 0 Å². The molecule has 2 aromatic rings. The van der Waals surface area contributed by atoms with Crippen LogP contribution >= 0.6 is 0 Å². The number of carbonyl (C=O) groups is 1. The molecule has 0 atom stereocenters. The molecule has 1 aliphatic carbocycles. The van der Waals surface area contributed by atoms with E-state index in [2.05, 4.69) is 4.98 Å². The predicted molar refractivity (Wildman–Crippen MR) is 79.4 cm³/mol. The van der Waals surface area contributed by atoms with E-state index >= 15 is 0 Å². The van der Waals surface area contributed by atoms with Crippen LogP contribution in [-0.4, -0.2) is 40.7 Å². The van der Waals surface area contributed by atoms with Gasteiger partial charge in [-0.25, -0.2) is 4.98 Å². The van der Waals surface area contributed by atoms with Gasteiger partial charge in [0.05, 0.1) is 19.3 Å². The van der Waals surface area contributed by atoms with Crippen LogP contribution in [0, 0.1) is 0 Å². The molecular weight excluding hydrogens is 268 g/mol. The smallest absolute Gasteiger partial charge is 0.317 e. The average Bonchev–Trinajstić information content (AvgIpc) is 3.30. The van der Waals surface area contributed by atoms with Gasteiger partial charge in [0.2, 0.25) is 0 Å². The number of benzene rings is 1. The maximum Gasteiger partial charge on any atom is 0.317 e. The van der Waals surface area contributed by atoms with Gasteiger partial charge in [0.15, 0.2) is 0 Å². The van der Waals surface area contributed by atoms with Crippen molar-refractivity contribution in [1.29, 1.82) is 0 Å². The number of methoxy groups -OCH3 is 1. The third-order valence-corrected chi connectivity index (χ3v) is 3.73. The number of para-hydroxylation sites is 1. The Morgan fingerprint density at radius 2 is 2.19 bits per heavy atom. The van der Waals surface area contributed by atoms with Crippen LogP contribution in [0.25, 0.3) is 10.9 Å². The van der Waals surface area contributed by atoms with Crippen LogP contribution in [0.3, 0.4) is 0 Å². The number of aliphatic carboxylic acids is 1. The number of nitrogens with zero attached hydrogens (tertiary/aromatic N) is 2. The van der Waals surface area contributed by atoms with E-state index in [0.29, 0.717) is 12.6 Å². The molecule has 0 amide bonds. The standard InChI is InChI=1S/C16H18N2O3/c1-21-14-4-2-3-11-5-6-12(17-16(11)14)9-18(10-15(19)20)13-7-8-13/h2-6,13H,7-10H2,1H3,(H,19,20). The van der Waals surface area contributed by atoms with E-state index in [9.17, 15) is 4.79 Å². The quantitative estimate of drug-likeness (QED) is 0.882. The number of fused-ring (bicyclic) bond motifs is 1. The number of pyridine rings is 1. The molecule has 1 heterocycles. The van der Waals surface area contributed by atoms with Gasteiger partial charge in [-0.3, -0.25) is 9.69 Å². The van der Waals surface area contributed by atoms with Crippen LogP contribution < -0.4 is 4.74 Å². The Labute approximate surface area is 123 Å². The van der Waals surface area contributed by atoms with Gasteiger partial charge >= 0.3 is 5.97 Å². The Kier molecular flexibility index (Phi) is 3.75. The molecule has 1 saturated carbocycles. The zero-order valence-corrected chi connectivity index (χ0v) is 12.0. The van der Waals surface area contributed by atoms with E-state index in [4.69, 9.17) is 9.84 Å². The van der Waals surface area contributed by atoms with Crippen molar-refractivity contribution in [3.8, 4) is 5.75 Å². The van der Waals surface area contributed by atoms with Gasteiger partial charge in [0.25, 0.3) is 0 Å². The summed E-state index contributed by atoms with van der Waals surface area (Å²) >= 11 is 0. The summed E-state index contributed by atoms with van der Waals surface area (Å²) in [6, 6.07) is 10.2. The van der Waals surface area contributed by atoms with Gasteiger partial charge in [-0.05, 0) is 25.0 Å². The Morgan fingerprint density at radius 1 is 1.38 bits per heavy atom. The monoisotopic (exact) mass is 286 g/mol. The van der Waals surface area contributed by atoms with Crippen molar-refractivity contribution >= 4 is 16.9 Å². The summed E-state index contributed by atoms with van der Waals surface area (Å²) in [6.07, 6.45) is 2.15. The summed E-state index contributed by atoms with van der Waals surface area (Å²) < 4.78 is 5.34. The van der Waals surface area contributed by atoms with E-state index in [1.54, 1.807) is 7.11 Å². The summed E-state index contributed by atoms with van der Waals surface area (Å²) in [6.45, 7) is 0.626. The Balaban J connectivity index is 1.87. The molecule has 3 rings (SSSR count). The number of rotatable bonds is 6. The highest BCUT2D eigenvalue weighted by atomic mass is 16.5. The molecule has 0 aliphatic heterocycles. The van der Waals surface area contributed by atoms with E-state index in [1.807, 2.05) is 35.2 Å². The second kappa shape index (κ2) is 5.69. The number of carboxylic acid groups (broad SMARTS) is 1. The molecule has 0 unspecified atom stereocenters. The summed E-state index contributed by atoms with van der Waals surface area (Å²) in [4.78, 5) is 17.6. The van der Waals surface area contributed by atoms with E-state index < -0.39 is 5.97 Å². The predicted octanol–water partition coefficient (Wildman–Crippen LogP) is 2.29. The largest absolute Gasteiger partial charge is 0.494 e. The maximum atomic E-state index is 11.0. The molecular formula is C16H18N2O3. The van der Waals surface area contributed by atoms with Gasteiger partial charge in [-0.1, -0.05) is 18.2 Å². The summed E-state index contributed by atoms with van der Waals surface area (Å²) in [5.74, 6) is -0.0502. The van der Waals surface area contributed by atoms with Crippen LogP contribution in [0.5, 0.6) is 5.75 Å². The first-order valence-corrected chi connectivity index (χ1v) is 7.06. The Bertz CT molecular complexity index is 668. The van der Waals surface area contributed by atoms with E-state index in [-0.39, 0.29) is 6.54 Å². The lowest BCUT2D eigenvalue weighted by Gasteiger charge is -2.19. The zero-order valence-electron chi connectivity index (χ0n) is 12.0. The lowest BCUT2D eigenvalue weighted by atomic mass is 10.2. The highest BCUT2D eigenvalue weighted by Crippen LogP contribution is 2.29. The summed E-state index contributed by atoms with van der Waals surface area (Å²) in [5, 5.41) is 10.0. The molecule has 1 aliphatic rings. The van der Waals surface area contributed by atoms with Crippen molar-refractivity contribution in [1.82, 2.24) is 9.88 Å². The second-order valence-electron chi connectivity index (χ2n) is 5.36. The average molecular weight is 286 g/mol. The first-order valence-electron chi connectivity index (χ1n) is 7.06. The first-order chi connectivity index (χ1) is 10.2. The van der Waals surface area contributed by atoms with Gasteiger partial charge in [-0.2, -0.15) is 0 Å². The number of hydrogen-bond donors (Lipinski definition) is 1. The highest BCUT2D eigenvalue weighted by molar-refractivity contribution is 5.84. The fourth-order valence-corrected chi connectivity index (χ4v) is 2.55. The number of hydrogen-bond acceptors (Lipinski definition) is 4. The van der Waals surface area contributed by atoms with Crippen LogP contribution in [0.1, 0.15) is 18.5 Å². The van der Waals surface area contributed by atoms with E-state index in [0.717, 1.165) is 35.2 Å². The zero-order chi connectivity index (χ0) is 14.8. The summed E-state index contributed by atoms with van der Waals surface area (Å²) in [5.41, 5.74) is 1.70. The molecule has 5 nitrogen and oxygen atoms in total. The fraction of sp³-hybridized carbons (Fsp3) is 0.375. The van der Waals surface area contributed by atoms with Crippen LogP contribution in [0.15, 0.2) is 30.3 Å². The van der Waals surface area contributed by atoms with Gasteiger partial charge in [-0.15, -0.1) is 0 Å². The van der Waals surface area contributed by atoms with Crippen molar-refractivity contribution < 1.29 is 14.6 Å². The molecule has 1 aromatic heterocycles. The molecule has 1 fully saturated rings. The molecule has 5 heteroatoms. The van der Waals surface area contributed by atoms with Crippen molar-refractivity contribution in [2.24, 2.45) is 0 Å². The second-order valence-corrected chi connectivity index (χ2v) is 5.36. The first kappa shape index (κ1) is 13.8. The van der Waals surface area contributed by atoms with Crippen molar-refractivity contribution in [2.75, 3.05) is 13.7 Å². The fourth-order valence-electron chi connectivity index (χ4n) is 2.55. The Hall–Kier alpha value is -2.14. The van der Waals surface area contributed by atoms with Gasteiger partial charge in [0.1, 0.15) is 11.3 Å². The van der Waals surface area contributed by atoms with Crippen LogP contribution in [0.2, 0.25) is 0 Å². The van der Waals surface area contributed by atoms with Crippen LogP contribution in [0.4, 0.5) is 0 Å². The van der Waals surface area contributed by atoms with Crippen molar-refractivity contribution in [2.45, 2.75) is 25.4 Å². The minimum absolute atomic E-state index is 0.0658. The minimum atomic E-state index is -0.791. The third kappa shape index (κ3) is 3.13.